The topological polar surface area (TPSA) is 56.7 Å². The molecule has 0 bridgehead atoms. The van der Waals surface area contributed by atoms with Crippen LogP contribution in [0.2, 0.25) is 0 Å². The van der Waals surface area contributed by atoms with Crippen LogP contribution < -0.4 is 10.6 Å². The van der Waals surface area contributed by atoms with Gasteiger partial charge in [-0.15, -0.1) is 24.0 Å². The summed E-state index contributed by atoms with van der Waals surface area (Å²) in [5, 5.41) is 7.50. The molecule has 2 rings (SSSR count). The van der Waals surface area contributed by atoms with Gasteiger partial charge in [-0.05, 0) is 44.9 Å². The summed E-state index contributed by atoms with van der Waals surface area (Å²) in [4.78, 5) is 19.0. The van der Waals surface area contributed by atoms with Crippen molar-refractivity contribution in [2.45, 2.75) is 50.9 Å². The van der Waals surface area contributed by atoms with Gasteiger partial charge in [0, 0.05) is 30.9 Å². The van der Waals surface area contributed by atoms with E-state index in [0.29, 0.717) is 19.1 Å². The fourth-order valence-corrected chi connectivity index (χ4v) is 4.02. The monoisotopic (exact) mass is 504 g/mol. The van der Waals surface area contributed by atoms with Gasteiger partial charge in [0.1, 0.15) is 6.54 Å². The summed E-state index contributed by atoms with van der Waals surface area (Å²) in [6.45, 7) is 6.34. The molecule has 0 saturated heterocycles. The second-order valence-electron chi connectivity index (χ2n) is 6.60. The number of nitrogens with one attached hydrogen (secondary N) is 2. The fraction of sp³-hybridized carbons (Fsp3) is 0.600. The number of aliphatic imine (C=N–C) groups is 1. The molecule has 0 aromatic heterocycles. The summed E-state index contributed by atoms with van der Waals surface area (Å²) in [5.41, 5.74) is 1.14. The third-order valence-corrected chi connectivity index (χ3v) is 5.82. The molecule has 2 unspecified atom stereocenters. The van der Waals surface area contributed by atoms with Gasteiger partial charge in [-0.1, -0.05) is 30.3 Å². The van der Waals surface area contributed by atoms with Gasteiger partial charge < -0.3 is 15.5 Å². The van der Waals surface area contributed by atoms with Crippen molar-refractivity contribution in [3.05, 3.63) is 35.9 Å². The summed E-state index contributed by atoms with van der Waals surface area (Å²) in [7, 11) is 0. The van der Waals surface area contributed by atoms with Crippen LogP contribution in [0.3, 0.4) is 0 Å². The van der Waals surface area contributed by atoms with E-state index in [1.165, 1.54) is 12.8 Å². The van der Waals surface area contributed by atoms with Crippen LogP contribution in [-0.4, -0.2) is 53.9 Å². The lowest BCUT2D eigenvalue weighted by Crippen LogP contribution is -2.43. The van der Waals surface area contributed by atoms with Crippen molar-refractivity contribution in [2.75, 3.05) is 25.9 Å². The number of benzene rings is 1. The van der Waals surface area contributed by atoms with Crippen molar-refractivity contribution in [3.8, 4) is 0 Å². The Morgan fingerprint density at radius 3 is 2.59 bits per heavy atom. The van der Waals surface area contributed by atoms with E-state index in [9.17, 15) is 4.79 Å². The first-order chi connectivity index (χ1) is 12.7. The minimum Gasteiger partial charge on any atom is -0.357 e. The van der Waals surface area contributed by atoms with Gasteiger partial charge in [-0.3, -0.25) is 4.79 Å². The Balaban J connectivity index is 0.00000364. The Kier molecular flexibility index (Phi) is 11.8. The number of hydrogen-bond acceptors (Lipinski definition) is 3. The molecule has 1 aliphatic rings. The first-order valence-corrected chi connectivity index (χ1v) is 10.8. The number of carbonyl (C=O) groups excluding carboxylic acids is 1. The first kappa shape index (κ1) is 24.1. The van der Waals surface area contributed by atoms with E-state index in [0.717, 1.165) is 29.7 Å². The number of rotatable bonds is 8. The van der Waals surface area contributed by atoms with Crippen molar-refractivity contribution >= 4 is 47.6 Å². The second-order valence-corrected chi connectivity index (χ2v) is 7.74. The summed E-state index contributed by atoms with van der Waals surface area (Å²) >= 11 is 1.94. The van der Waals surface area contributed by atoms with Crippen molar-refractivity contribution < 1.29 is 4.79 Å². The molecule has 1 fully saturated rings. The molecule has 1 aliphatic carbocycles. The second kappa shape index (κ2) is 13.3. The predicted octanol–water partition coefficient (Wildman–Crippen LogP) is 3.49. The Morgan fingerprint density at radius 2 is 2.00 bits per heavy atom. The number of likely N-dealkylation sites (N-methyl/N-ethyl adjacent to an activating group) is 1. The van der Waals surface area contributed by atoms with Gasteiger partial charge in [0.2, 0.25) is 5.91 Å². The molecule has 27 heavy (non-hydrogen) atoms. The molecule has 5 nitrogen and oxygen atoms in total. The molecule has 2 atom stereocenters. The highest BCUT2D eigenvalue weighted by Gasteiger charge is 2.24. The van der Waals surface area contributed by atoms with Crippen LogP contribution in [0.5, 0.6) is 0 Å². The quantitative estimate of drug-likeness (QED) is 0.324. The molecule has 0 spiro atoms. The van der Waals surface area contributed by atoms with E-state index in [1.807, 2.05) is 60.8 Å². The number of guanidine groups is 1. The van der Waals surface area contributed by atoms with Crippen molar-refractivity contribution in [1.82, 2.24) is 15.5 Å². The number of carbonyl (C=O) groups is 1. The van der Waals surface area contributed by atoms with E-state index >= 15 is 0 Å². The summed E-state index contributed by atoms with van der Waals surface area (Å²) in [6.07, 6.45) is 5.75. The first-order valence-electron chi connectivity index (χ1n) is 9.55. The summed E-state index contributed by atoms with van der Waals surface area (Å²) in [6, 6.07) is 10.5. The Hall–Kier alpha value is -0.960. The number of halogens is 1. The molecular formula is C20H33IN4OS. The lowest BCUT2D eigenvalue weighted by atomic mass is 10.2. The molecule has 152 valence electrons. The average Bonchev–Trinajstić information content (AvgIpc) is 3.12. The Bertz CT molecular complexity index is 585. The maximum Gasteiger partial charge on any atom is 0.244 e. The number of amides is 1. The van der Waals surface area contributed by atoms with E-state index in [1.54, 1.807) is 0 Å². The minimum atomic E-state index is 0. The van der Waals surface area contributed by atoms with Gasteiger partial charge in [0.25, 0.3) is 0 Å². The van der Waals surface area contributed by atoms with Gasteiger partial charge in [-0.2, -0.15) is 11.8 Å². The average molecular weight is 504 g/mol. The minimum absolute atomic E-state index is 0. The zero-order chi connectivity index (χ0) is 18.8. The summed E-state index contributed by atoms with van der Waals surface area (Å²) in [5.74, 6) is 0.810. The Morgan fingerprint density at radius 1 is 1.26 bits per heavy atom. The Labute approximate surface area is 185 Å². The SMILES string of the molecule is CCNC(=NCC(=O)N(CC)Cc1ccccc1)NC1CCC(SC)C1.I. The summed E-state index contributed by atoms with van der Waals surface area (Å²) < 4.78 is 0. The molecule has 0 aliphatic heterocycles. The molecule has 0 heterocycles. The van der Waals surface area contributed by atoms with Crippen LogP contribution in [0.4, 0.5) is 0 Å². The highest BCUT2D eigenvalue weighted by molar-refractivity contribution is 14.0. The number of hydrogen-bond donors (Lipinski definition) is 2. The van der Waals surface area contributed by atoms with Crippen LogP contribution in [-0.2, 0) is 11.3 Å². The van der Waals surface area contributed by atoms with Gasteiger partial charge in [-0.25, -0.2) is 4.99 Å². The standard InChI is InChI=1S/C20H32N4OS.HI/c1-4-21-20(23-17-11-12-18(13-17)26-3)22-14-19(25)24(5-2)15-16-9-7-6-8-10-16;/h6-10,17-18H,4-5,11-15H2,1-3H3,(H2,21,22,23);1H. The number of thioether (sulfide) groups is 1. The van der Waals surface area contributed by atoms with Gasteiger partial charge in [0.05, 0.1) is 0 Å². The van der Waals surface area contributed by atoms with Gasteiger partial charge >= 0.3 is 0 Å². The molecule has 1 aromatic rings. The maximum absolute atomic E-state index is 12.6. The highest BCUT2D eigenvalue weighted by atomic mass is 127. The molecule has 1 amide bonds. The lowest BCUT2D eigenvalue weighted by Gasteiger charge is -2.21. The van der Waals surface area contributed by atoms with Crippen LogP contribution >= 0.6 is 35.7 Å². The highest BCUT2D eigenvalue weighted by Crippen LogP contribution is 2.27. The smallest absolute Gasteiger partial charge is 0.244 e. The van der Waals surface area contributed by atoms with Crippen LogP contribution in [0.25, 0.3) is 0 Å². The zero-order valence-corrected chi connectivity index (χ0v) is 19.8. The maximum atomic E-state index is 12.6. The van der Waals surface area contributed by atoms with Crippen LogP contribution in [0, 0.1) is 0 Å². The third kappa shape index (κ3) is 8.29. The largest absolute Gasteiger partial charge is 0.357 e. The molecule has 7 heteroatoms. The molecule has 0 radical (unpaired) electrons. The fourth-order valence-electron chi connectivity index (χ4n) is 3.23. The van der Waals surface area contributed by atoms with E-state index < -0.39 is 0 Å². The van der Waals surface area contributed by atoms with Gasteiger partial charge in [0.15, 0.2) is 5.96 Å². The molecule has 1 saturated carbocycles. The zero-order valence-electron chi connectivity index (χ0n) is 16.6. The van der Waals surface area contributed by atoms with Crippen LogP contribution in [0.1, 0.15) is 38.7 Å². The van der Waals surface area contributed by atoms with Crippen molar-refractivity contribution in [2.24, 2.45) is 4.99 Å². The van der Waals surface area contributed by atoms with E-state index in [2.05, 4.69) is 21.9 Å². The molecular weight excluding hydrogens is 471 g/mol. The van der Waals surface area contributed by atoms with E-state index in [-0.39, 0.29) is 36.4 Å². The number of nitrogens with zero attached hydrogens (tertiary/aromatic N) is 2. The van der Waals surface area contributed by atoms with Crippen molar-refractivity contribution in [1.29, 1.82) is 0 Å². The predicted molar refractivity (Wildman–Crippen MR) is 127 cm³/mol. The van der Waals surface area contributed by atoms with E-state index in [4.69, 9.17) is 0 Å². The normalized spacial score (nSPS) is 19.3. The third-order valence-electron chi connectivity index (χ3n) is 4.73. The molecule has 2 N–H and O–H groups in total. The lowest BCUT2D eigenvalue weighted by molar-refractivity contribution is -0.130. The molecule has 1 aromatic carbocycles. The van der Waals surface area contributed by atoms with Crippen molar-refractivity contribution in [3.63, 3.8) is 0 Å². The van der Waals surface area contributed by atoms with Crippen LogP contribution in [0.15, 0.2) is 35.3 Å².